The molecule has 3 heteroatoms. The minimum absolute atomic E-state index is 0.221. The smallest absolute Gasteiger partial charge is 0.0596 e. The quantitative estimate of drug-likeness (QED) is 0.734. The molecule has 12 heavy (non-hydrogen) atoms. The zero-order valence-electron chi connectivity index (χ0n) is 7.91. The molecule has 0 bridgehead atoms. The van der Waals surface area contributed by atoms with Crippen molar-refractivity contribution < 1.29 is 5.11 Å². The second kappa shape index (κ2) is 3.72. The van der Waals surface area contributed by atoms with Crippen LogP contribution in [0.5, 0.6) is 0 Å². The number of aliphatic hydroxyl groups excluding tert-OH is 1. The van der Waals surface area contributed by atoms with E-state index in [2.05, 4.69) is 5.10 Å². The molecule has 0 spiro atoms. The Labute approximate surface area is 73.0 Å². The largest absolute Gasteiger partial charge is 0.396 e. The lowest BCUT2D eigenvalue weighted by Crippen LogP contribution is -2.13. The SMILES string of the molecule is Cc1cc(C)n(CC(C)CO)n1. The molecular weight excluding hydrogens is 152 g/mol. The van der Waals surface area contributed by atoms with Gasteiger partial charge in [-0.3, -0.25) is 4.68 Å². The molecule has 1 aromatic rings. The first-order chi connectivity index (χ1) is 5.63. The normalized spacial score (nSPS) is 13.3. The highest BCUT2D eigenvalue weighted by atomic mass is 16.3. The van der Waals surface area contributed by atoms with Crippen LogP contribution in [0.4, 0.5) is 0 Å². The standard InChI is InChI=1S/C9H16N2O/c1-7(6-12)5-11-9(3)4-8(2)10-11/h4,7,12H,5-6H2,1-3H3. The Morgan fingerprint density at radius 1 is 1.58 bits per heavy atom. The molecule has 3 nitrogen and oxygen atoms in total. The topological polar surface area (TPSA) is 38.0 Å². The lowest BCUT2D eigenvalue weighted by Gasteiger charge is -2.08. The fraction of sp³-hybridized carbons (Fsp3) is 0.667. The molecule has 68 valence electrons. The van der Waals surface area contributed by atoms with Gasteiger partial charge in [-0.25, -0.2) is 0 Å². The maximum Gasteiger partial charge on any atom is 0.0596 e. The van der Waals surface area contributed by atoms with Gasteiger partial charge in [0.2, 0.25) is 0 Å². The van der Waals surface area contributed by atoms with Crippen LogP contribution in [-0.4, -0.2) is 21.5 Å². The van der Waals surface area contributed by atoms with Crippen LogP contribution in [0.15, 0.2) is 6.07 Å². The second-order valence-corrected chi connectivity index (χ2v) is 3.40. The van der Waals surface area contributed by atoms with E-state index in [9.17, 15) is 0 Å². The first-order valence-electron chi connectivity index (χ1n) is 4.25. The second-order valence-electron chi connectivity index (χ2n) is 3.40. The Morgan fingerprint density at radius 3 is 2.67 bits per heavy atom. The van der Waals surface area contributed by atoms with Crippen LogP contribution in [-0.2, 0) is 6.54 Å². The van der Waals surface area contributed by atoms with Crippen molar-refractivity contribution in [3.05, 3.63) is 17.5 Å². The summed E-state index contributed by atoms with van der Waals surface area (Å²) in [6.07, 6.45) is 0. The van der Waals surface area contributed by atoms with Crippen LogP contribution in [0.3, 0.4) is 0 Å². The summed E-state index contributed by atoms with van der Waals surface area (Å²) >= 11 is 0. The fourth-order valence-corrected chi connectivity index (χ4v) is 1.21. The van der Waals surface area contributed by atoms with Gasteiger partial charge in [-0.1, -0.05) is 6.92 Å². The number of hydrogen-bond donors (Lipinski definition) is 1. The number of hydrogen-bond acceptors (Lipinski definition) is 2. The highest BCUT2D eigenvalue weighted by Crippen LogP contribution is 2.05. The van der Waals surface area contributed by atoms with Crippen molar-refractivity contribution in [1.29, 1.82) is 0 Å². The number of aromatic nitrogens is 2. The molecule has 1 unspecified atom stereocenters. The average Bonchev–Trinajstić information content (AvgIpc) is 2.30. The van der Waals surface area contributed by atoms with Crippen LogP contribution in [0.2, 0.25) is 0 Å². The van der Waals surface area contributed by atoms with Gasteiger partial charge in [0.05, 0.1) is 5.69 Å². The van der Waals surface area contributed by atoms with E-state index < -0.39 is 0 Å². The number of rotatable bonds is 3. The van der Waals surface area contributed by atoms with Crippen molar-refractivity contribution in [2.45, 2.75) is 27.3 Å². The molecule has 0 aliphatic carbocycles. The van der Waals surface area contributed by atoms with Crippen LogP contribution in [0, 0.1) is 19.8 Å². The fourth-order valence-electron chi connectivity index (χ4n) is 1.21. The number of aliphatic hydroxyl groups is 1. The van der Waals surface area contributed by atoms with E-state index in [1.807, 2.05) is 31.5 Å². The van der Waals surface area contributed by atoms with E-state index in [0.29, 0.717) is 0 Å². The van der Waals surface area contributed by atoms with E-state index in [0.717, 1.165) is 17.9 Å². The predicted molar refractivity (Wildman–Crippen MR) is 48.0 cm³/mol. The van der Waals surface area contributed by atoms with E-state index >= 15 is 0 Å². The zero-order chi connectivity index (χ0) is 9.14. The molecule has 1 heterocycles. The molecule has 1 atom stereocenters. The molecule has 0 fully saturated rings. The molecule has 1 rings (SSSR count). The minimum Gasteiger partial charge on any atom is -0.396 e. The Balaban J connectivity index is 2.68. The van der Waals surface area contributed by atoms with Gasteiger partial charge in [-0.15, -0.1) is 0 Å². The Kier molecular flexibility index (Phi) is 2.87. The third-order valence-corrected chi connectivity index (χ3v) is 1.90. The van der Waals surface area contributed by atoms with E-state index in [4.69, 9.17) is 5.11 Å². The highest BCUT2D eigenvalue weighted by molar-refractivity contribution is 5.06. The molecule has 1 aromatic heterocycles. The summed E-state index contributed by atoms with van der Waals surface area (Å²) in [7, 11) is 0. The van der Waals surface area contributed by atoms with Crippen molar-refractivity contribution in [2.24, 2.45) is 5.92 Å². The Bertz CT molecular complexity index is 255. The van der Waals surface area contributed by atoms with Gasteiger partial charge in [0.1, 0.15) is 0 Å². The molecule has 0 radical (unpaired) electrons. The lowest BCUT2D eigenvalue weighted by molar-refractivity contribution is 0.218. The maximum atomic E-state index is 8.85. The Morgan fingerprint density at radius 2 is 2.25 bits per heavy atom. The molecule has 0 amide bonds. The third kappa shape index (κ3) is 2.08. The van der Waals surface area contributed by atoms with Crippen molar-refractivity contribution in [3.8, 4) is 0 Å². The van der Waals surface area contributed by atoms with Gasteiger partial charge < -0.3 is 5.11 Å². The highest BCUT2D eigenvalue weighted by Gasteiger charge is 2.04. The monoisotopic (exact) mass is 168 g/mol. The molecule has 0 saturated carbocycles. The summed E-state index contributed by atoms with van der Waals surface area (Å²) < 4.78 is 1.94. The first kappa shape index (κ1) is 9.26. The van der Waals surface area contributed by atoms with E-state index in [1.54, 1.807) is 0 Å². The molecule has 0 aromatic carbocycles. The summed E-state index contributed by atoms with van der Waals surface area (Å²) in [6, 6.07) is 2.05. The Hall–Kier alpha value is -0.830. The van der Waals surface area contributed by atoms with Gasteiger partial charge in [0.25, 0.3) is 0 Å². The van der Waals surface area contributed by atoms with E-state index in [1.165, 1.54) is 0 Å². The first-order valence-corrected chi connectivity index (χ1v) is 4.25. The average molecular weight is 168 g/mol. The van der Waals surface area contributed by atoms with Gasteiger partial charge in [-0.05, 0) is 25.8 Å². The van der Waals surface area contributed by atoms with E-state index in [-0.39, 0.29) is 12.5 Å². The molecule has 0 aliphatic heterocycles. The van der Waals surface area contributed by atoms with Gasteiger partial charge in [-0.2, -0.15) is 5.10 Å². The van der Waals surface area contributed by atoms with Crippen LogP contribution >= 0.6 is 0 Å². The summed E-state index contributed by atoms with van der Waals surface area (Å²) in [4.78, 5) is 0. The number of nitrogens with zero attached hydrogens (tertiary/aromatic N) is 2. The molecule has 0 saturated heterocycles. The van der Waals surface area contributed by atoms with Crippen LogP contribution < -0.4 is 0 Å². The van der Waals surface area contributed by atoms with Crippen LogP contribution in [0.25, 0.3) is 0 Å². The molecule has 1 N–H and O–H groups in total. The summed E-state index contributed by atoms with van der Waals surface area (Å²) in [6.45, 7) is 7.04. The lowest BCUT2D eigenvalue weighted by atomic mass is 10.2. The maximum absolute atomic E-state index is 8.85. The van der Waals surface area contributed by atoms with Crippen LogP contribution in [0.1, 0.15) is 18.3 Å². The van der Waals surface area contributed by atoms with Gasteiger partial charge in [0.15, 0.2) is 0 Å². The number of aryl methyl sites for hydroxylation is 2. The third-order valence-electron chi connectivity index (χ3n) is 1.90. The van der Waals surface area contributed by atoms with Crippen molar-refractivity contribution in [2.75, 3.05) is 6.61 Å². The van der Waals surface area contributed by atoms with Crippen molar-refractivity contribution in [1.82, 2.24) is 9.78 Å². The van der Waals surface area contributed by atoms with Crippen molar-refractivity contribution in [3.63, 3.8) is 0 Å². The summed E-state index contributed by atoms with van der Waals surface area (Å²) in [5.74, 6) is 0.281. The molecule has 0 aliphatic rings. The van der Waals surface area contributed by atoms with Gasteiger partial charge >= 0.3 is 0 Å². The van der Waals surface area contributed by atoms with Crippen molar-refractivity contribution >= 4 is 0 Å². The minimum atomic E-state index is 0.221. The van der Waals surface area contributed by atoms with Gasteiger partial charge in [0, 0.05) is 18.8 Å². The summed E-state index contributed by atoms with van der Waals surface area (Å²) in [5.41, 5.74) is 2.20. The summed E-state index contributed by atoms with van der Waals surface area (Å²) in [5, 5.41) is 13.2. The molecular formula is C9H16N2O. The zero-order valence-corrected chi connectivity index (χ0v) is 7.91. The predicted octanol–water partition coefficient (Wildman–Crippen LogP) is 1.13.